The van der Waals surface area contributed by atoms with E-state index < -0.39 is 0 Å². The van der Waals surface area contributed by atoms with Crippen LogP contribution in [-0.2, 0) is 80.5 Å². The second kappa shape index (κ2) is 51.7. The summed E-state index contributed by atoms with van der Waals surface area (Å²) in [5, 5.41) is 0. The van der Waals surface area contributed by atoms with Crippen molar-refractivity contribution in [1.29, 1.82) is 0 Å². The molecule has 0 bridgehead atoms. The van der Waals surface area contributed by atoms with E-state index in [-0.39, 0.29) is 0 Å². The van der Waals surface area contributed by atoms with Crippen molar-refractivity contribution < 1.29 is 80.5 Å². The lowest BCUT2D eigenvalue weighted by Gasteiger charge is -2.09. The van der Waals surface area contributed by atoms with E-state index in [1.54, 1.807) is 7.11 Å². The Morgan fingerprint density at radius 1 is 0.189 bits per heavy atom. The molecule has 0 N–H and O–H groups in total. The van der Waals surface area contributed by atoms with Crippen molar-refractivity contribution in [2.24, 2.45) is 0 Å². The SMILES string of the molecule is COCCOCCOCCOCCOCCOCCOCCOCCOCCOCCOCCOCCOCCOCCOCCOCCOCCS. The maximum Gasteiger partial charge on any atom is 0.0701 e. The van der Waals surface area contributed by atoms with Gasteiger partial charge < -0.3 is 80.5 Å². The summed E-state index contributed by atoms with van der Waals surface area (Å²) in [6.45, 7) is 17.4. The van der Waals surface area contributed by atoms with Crippen LogP contribution >= 0.6 is 12.6 Å². The maximum absolute atomic E-state index is 5.49. The van der Waals surface area contributed by atoms with Crippen LogP contribution in [-0.4, -0.2) is 231 Å². The number of hydrogen-bond donors (Lipinski definition) is 1. The summed E-state index contributed by atoms with van der Waals surface area (Å²) in [4.78, 5) is 0. The van der Waals surface area contributed by atoms with E-state index in [2.05, 4.69) is 12.6 Å². The third-order valence-electron chi connectivity index (χ3n) is 6.25. The van der Waals surface area contributed by atoms with E-state index in [1.807, 2.05) is 0 Å². The number of thiol groups is 1. The van der Waals surface area contributed by atoms with E-state index in [9.17, 15) is 0 Å². The lowest BCUT2D eigenvalue weighted by atomic mass is 10.6. The molecule has 0 aromatic carbocycles. The zero-order valence-electron chi connectivity index (χ0n) is 32.4. The molecule has 0 aromatic heterocycles. The van der Waals surface area contributed by atoms with Gasteiger partial charge in [-0.2, -0.15) is 12.6 Å². The van der Waals surface area contributed by atoms with Crippen molar-refractivity contribution in [2.75, 3.05) is 231 Å². The molecule has 320 valence electrons. The van der Waals surface area contributed by atoms with Gasteiger partial charge in [0, 0.05) is 12.9 Å². The predicted octanol–water partition coefficient (Wildman–Crippen LogP) is 0.828. The van der Waals surface area contributed by atoms with Gasteiger partial charge >= 0.3 is 0 Å². The van der Waals surface area contributed by atoms with Crippen molar-refractivity contribution in [2.45, 2.75) is 0 Å². The Hall–Kier alpha value is -0.330. The molecule has 53 heavy (non-hydrogen) atoms. The van der Waals surface area contributed by atoms with Gasteiger partial charge in [0.1, 0.15) is 0 Å². The lowest BCUT2D eigenvalue weighted by molar-refractivity contribution is -0.0305. The molecule has 18 heteroatoms. The molecule has 0 atom stereocenters. The first kappa shape index (κ1) is 52.7. The molecule has 0 heterocycles. The van der Waals surface area contributed by atoms with Crippen LogP contribution in [0.25, 0.3) is 0 Å². The van der Waals surface area contributed by atoms with Gasteiger partial charge in [0.15, 0.2) is 0 Å². The molecule has 0 radical (unpaired) electrons. The van der Waals surface area contributed by atoms with Gasteiger partial charge in [0.2, 0.25) is 0 Å². The third-order valence-corrected chi connectivity index (χ3v) is 6.43. The monoisotopic (exact) mass is 796 g/mol. The van der Waals surface area contributed by atoms with Crippen LogP contribution in [0.3, 0.4) is 0 Å². The Morgan fingerprint density at radius 2 is 0.302 bits per heavy atom. The lowest BCUT2D eigenvalue weighted by Crippen LogP contribution is -2.16. The van der Waals surface area contributed by atoms with Crippen molar-refractivity contribution in [1.82, 2.24) is 0 Å². The highest BCUT2D eigenvalue weighted by Gasteiger charge is 1.98. The van der Waals surface area contributed by atoms with Gasteiger partial charge in [-0.05, 0) is 0 Å². The van der Waals surface area contributed by atoms with Crippen LogP contribution in [0.5, 0.6) is 0 Å². The van der Waals surface area contributed by atoms with Crippen molar-refractivity contribution >= 4 is 12.6 Å². The molecular weight excluding hydrogens is 724 g/mol. The highest BCUT2D eigenvalue weighted by Crippen LogP contribution is 1.89. The minimum Gasteiger partial charge on any atom is -0.382 e. The molecule has 0 saturated carbocycles. The fourth-order valence-electron chi connectivity index (χ4n) is 3.61. The molecule has 0 aliphatic carbocycles. The summed E-state index contributed by atoms with van der Waals surface area (Å²) in [7, 11) is 1.64. The molecule has 0 aliphatic heterocycles. The number of rotatable bonds is 50. The van der Waals surface area contributed by atoms with Gasteiger partial charge in [-0.3, -0.25) is 0 Å². The second-order valence-corrected chi connectivity index (χ2v) is 11.0. The second-order valence-electron chi connectivity index (χ2n) is 10.5. The van der Waals surface area contributed by atoms with Crippen LogP contribution in [0.15, 0.2) is 0 Å². The summed E-state index contributed by atoms with van der Waals surface area (Å²) in [5.74, 6) is 0.716. The average molecular weight is 797 g/mol. The first-order valence-corrected chi connectivity index (χ1v) is 19.4. The summed E-state index contributed by atoms with van der Waals surface area (Å²) in [6.07, 6.45) is 0. The van der Waals surface area contributed by atoms with Crippen molar-refractivity contribution in [3.05, 3.63) is 0 Å². The standard InChI is InChI=1S/C35H72O17S/c1-36-2-3-37-4-5-38-6-7-39-8-9-40-10-11-41-12-13-42-14-15-43-16-17-44-18-19-45-20-21-46-22-23-47-24-25-48-26-27-49-28-29-50-30-31-51-32-33-52-34-35-53/h53H,2-35H2,1H3. The fraction of sp³-hybridized carbons (Fsp3) is 1.00. The van der Waals surface area contributed by atoms with Crippen LogP contribution in [0, 0.1) is 0 Å². The molecule has 0 aromatic rings. The van der Waals surface area contributed by atoms with Crippen LogP contribution in [0.2, 0.25) is 0 Å². The molecule has 0 rings (SSSR count). The van der Waals surface area contributed by atoms with Gasteiger partial charge in [-0.25, -0.2) is 0 Å². The van der Waals surface area contributed by atoms with E-state index in [0.717, 1.165) is 0 Å². The maximum atomic E-state index is 5.49. The molecule has 0 saturated heterocycles. The molecule has 0 fully saturated rings. The summed E-state index contributed by atoms with van der Waals surface area (Å²) >= 11 is 4.07. The highest BCUT2D eigenvalue weighted by atomic mass is 32.1. The number of methoxy groups -OCH3 is 1. The van der Waals surface area contributed by atoms with E-state index in [1.165, 1.54) is 0 Å². The predicted molar refractivity (Wildman–Crippen MR) is 199 cm³/mol. The highest BCUT2D eigenvalue weighted by molar-refractivity contribution is 7.80. The Balaban J connectivity index is 3.05. The molecule has 0 amide bonds. The van der Waals surface area contributed by atoms with E-state index in [0.29, 0.717) is 224 Å². The molecule has 0 unspecified atom stereocenters. The Bertz CT molecular complexity index is 583. The van der Waals surface area contributed by atoms with Gasteiger partial charge in [0.05, 0.1) is 218 Å². The van der Waals surface area contributed by atoms with Gasteiger partial charge in [-0.1, -0.05) is 0 Å². The molecule has 0 spiro atoms. The minimum absolute atomic E-state index is 0.501. The quantitative estimate of drug-likeness (QED) is 0.0682. The summed E-state index contributed by atoms with van der Waals surface area (Å²) < 4.78 is 91.9. The first-order valence-electron chi connectivity index (χ1n) is 18.8. The van der Waals surface area contributed by atoms with Gasteiger partial charge in [0.25, 0.3) is 0 Å². The van der Waals surface area contributed by atoms with E-state index >= 15 is 0 Å². The topological polar surface area (TPSA) is 157 Å². The van der Waals surface area contributed by atoms with Crippen molar-refractivity contribution in [3.8, 4) is 0 Å². The smallest absolute Gasteiger partial charge is 0.0701 e. The Morgan fingerprint density at radius 3 is 0.415 bits per heavy atom. The summed E-state index contributed by atoms with van der Waals surface area (Å²) in [6, 6.07) is 0. The number of ether oxygens (including phenoxy) is 17. The van der Waals surface area contributed by atoms with Crippen LogP contribution < -0.4 is 0 Å². The van der Waals surface area contributed by atoms with Crippen LogP contribution in [0.4, 0.5) is 0 Å². The molecule has 17 nitrogen and oxygen atoms in total. The summed E-state index contributed by atoms with van der Waals surface area (Å²) in [5.41, 5.74) is 0. The third kappa shape index (κ3) is 51.7. The number of hydrogen-bond acceptors (Lipinski definition) is 18. The largest absolute Gasteiger partial charge is 0.382 e. The van der Waals surface area contributed by atoms with Crippen molar-refractivity contribution in [3.63, 3.8) is 0 Å². The molecular formula is C35H72O17S. The van der Waals surface area contributed by atoms with Crippen LogP contribution in [0.1, 0.15) is 0 Å². The first-order chi connectivity index (χ1) is 26.4. The normalized spacial score (nSPS) is 11.7. The zero-order valence-corrected chi connectivity index (χ0v) is 33.3. The van der Waals surface area contributed by atoms with Gasteiger partial charge in [-0.15, -0.1) is 0 Å². The molecule has 0 aliphatic rings. The van der Waals surface area contributed by atoms with E-state index in [4.69, 9.17) is 80.5 Å². The average Bonchev–Trinajstić information content (AvgIpc) is 3.17. The Kier molecular flexibility index (Phi) is 51.3. The Labute approximate surface area is 323 Å². The fourth-order valence-corrected chi connectivity index (χ4v) is 3.74. The zero-order chi connectivity index (χ0) is 38.1. The minimum atomic E-state index is 0.501.